The Morgan fingerprint density at radius 3 is 2.48 bits per heavy atom. The summed E-state index contributed by atoms with van der Waals surface area (Å²) >= 11 is 0. The van der Waals surface area contributed by atoms with Crippen molar-refractivity contribution in [1.82, 2.24) is 19.6 Å². The first kappa shape index (κ1) is 18.5. The van der Waals surface area contributed by atoms with E-state index in [0.717, 1.165) is 25.7 Å². The maximum atomic E-state index is 13.0. The van der Waals surface area contributed by atoms with E-state index in [0.29, 0.717) is 12.1 Å². The molecule has 8 nitrogen and oxygen atoms in total. The molecule has 27 heavy (non-hydrogen) atoms. The number of hydrogen-bond donors (Lipinski definition) is 0. The van der Waals surface area contributed by atoms with Gasteiger partial charge in [-0.2, -0.15) is 5.10 Å². The largest absolute Gasteiger partial charge is 0.349 e. The lowest BCUT2D eigenvalue weighted by atomic mass is 9.82. The van der Waals surface area contributed by atoms with E-state index in [1.165, 1.54) is 4.90 Å². The van der Waals surface area contributed by atoms with Gasteiger partial charge >= 0.3 is 0 Å². The lowest BCUT2D eigenvalue weighted by Crippen LogP contribution is -2.70. The third-order valence-corrected chi connectivity index (χ3v) is 8.99. The molecule has 0 N–H and O–H groups in total. The Labute approximate surface area is 159 Å². The second kappa shape index (κ2) is 6.32. The predicted molar refractivity (Wildman–Crippen MR) is 99.0 cm³/mol. The van der Waals surface area contributed by atoms with Crippen molar-refractivity contribution in [2.45, 2.75) is 42.9 Å². The minimum Gasteiger partial charge on any atom is -0.349 e. The van der Waals surface area contributed by atoms with Gasteiger partial charge in [-0.1, -0.05) is 12.8 Å². The standard InChI is InChI=1S/C18H26N4O4S/c1-20(2)16(23)14-8-10-27(25,26)18(14)11-21(12-18)17(24)15-7-9-19-22(15)13-5-3-4-6-13/h7,9,13-14H,3-6,8,10-12H2,1-2H3. The zero-order valence-corrected chi connectivity index (χ0v) is 16.6. The minimum absolute atomic E-state index is 0.0132. The highest BCUT2D eigenvalue weighted by molar-refractivity contribution is 7.93. The van der Waals surface area contributed by atoms with Gasteiger partial charge in [0, 0.05) is 33.4 Å². The monoisotopic (exact) mass is 394 g/mol. The molecule has 148 valence electrons. The van der Waals surface area contributed by atoms with Crippen LogP contribution in [0, 0.1) is 5.92 Å². The molecule has 2 aliphatic heterocycles. The highest BCUT2D eigenvalue weighted by atomic mass is 32.2. The van der Waals surface area contributed by atoms with Crippen LogP contribution in [0.2, 0.25) is 0 Å². The molecule has 2 saturated heterocycles. The molecular weight excluding hydrogens is 368 g/mol. The van der Waals surface area contributed by atoms with Gasteiger partial charge in [0.05, 0.1) is 17.7 Å². The Hall–Kier alpha value is -1.90. The molecule has 1 aromatic heterocycles. The van der Waals surface area contributed by atoms with Crippen LogP contribution < -0.4 is 0 Å². The van der Waals surface area contributed by atoms with Crippen molar-refractivity contribution in [3.8, 4) is 0 Å². The maximum absolute atomic E-state index is 13.0. The topological polar surface area (TPSA) is 92.6 Å². The van der Waals surface area contributed by atoms with Crippen molar-refractivity contribution in [1.29, 1.82) is 0 Å². The lowest BCUT2D eigenvalue weighted by molar-refractivity contribution is -0.135. The molecule has 1 saturated carbocycles. The molecule has 3 heterocycles. The van der Waals surface area contributed by atoms with E-state index in [2.05, 4.69) is 5.10 Å². The molecule has 0 bridgehead atoms. The van der Waals surface area contributed by atoms with Crippen LogP contribution in [-0.2, 0) is 14.6 Å². The molecule has 9 heteroatoms. The fraction of sp³-hybridized carbons (Fsp3) is 0.722. The zero-order chi connectivity index (χ0) is 19.4. The second-order valence-corrected chi connectivity index (χ2v) is 10.7. The molecule has 2 amide bonds. The van der Waals surface area contributed by atoms with E-state index < -0.39 is 20.5 Å². The van der Waals surface area contributed by atoms with Crippen LogP contribution in [-0.4, -0.2) is 77.5 Å². The van der Waals surface area contributed by atoms with E-state index in [-0.39, 0.29) is 36.7 Å². The molecule has 1 unspecified atom stereocenters. The average Bonchev–Trinajstić information content (AvgIpc) is 3.29. The molecule has 4 rings (SSSR count). The summed E-state index contributed by atoms with van der Waals surface area (Å²) in [6.45, 7) is 0.183. The third-order valence-electron chi connectivity index (χ3n) is 6.43. The summed E-state index contributed by atoms with van der Waals surface area (Å²) in [6.07, 6.45) is 6.27. The molecule has 0 radical (unpaired) electrons. The van der Waals surface area contributed by atoms with E-state index in [1.807, 2.05) is 0 Å². The fourth-order valence-electron chi connectivity index (χ4n) is 4.86. The molecule has 1 atom stereocenters. The Morgan fingerprint density at radius 1 is 1.19 bits per heavy atom. The number of nitrogens with zero attached hydrogens (tertiary/aromatic N) is 4. The molecule has 3 aliphatic rings. The van der Waals surface area contributed by atoms with Crippen LogP contribution in [0.4, 0.5) is 0 Å². The predicted octanol–water partition coefficient (Wildman–Crippen LogP) is 0.716. The molecule has 0 aromatic carbocycles. The fourth-order valence-corrected chi connectivity index (χ4v) is 7.17. The Bertz CT molecular complexity index is 864. The maximum Gasteiger partial charge on any atom is 0.272 e. The van der Waals surface area contributed by atoms with E-state index in [9.17, 15) is 18.0 Å². The Morgan fingerprint density at radius 2 is 1.85 bits per heavy atom. The van der Waals surface area contributed by atoms with Crippen LogP contribution in [0.15, 0.2) is 12.3 Å². The first-order valence-electron chi connectivity index (χ1n) is 9.53. The summed E-state index contributed by atoms with van der Waals surface area (Å²) in [5.41, 5.74) is 0.516. The number of hydrogen-bond acceptors (Lipinski definition) is 5. The van der Waals surface area contributed by atoms with Crippen molar-refractivity contribution in [3.05, 3.63) is 18.0 Å². The number of likely N-dealkylation sites (tertiary alicyclic amines) is 1. The van der Waals surface area contributed by atoms with E-state index in [1.54, 1.807) is 35.9 Å². The van der Waals surface area contributed by atoms with Crippen LogP contribution in [0.25, 0.3) is 0 Å². The molecule has 1 aliphatic carbocycles. The number of amides is 2. The van der Waals surface area contributed by atoms with Gasteiger partial charge in [-0.05, 0) is 25.3 Å². The molecule has 3 fully saturated rings. The summed E-state index contributed by atoms with van der Waals surface area (Å²) in [4.78, 5) is 28.5. The number of sulfone groups is 1. The smallest absolute Gasteiger partial charge is 0.272 e. The number of carbonyl (C=O) groups excluding carboxylic acids is 2. The molecule has 1 aromatic rings. The average molecular weight is 394 g/mol. The summed E-state index contributed by atoms with van der Waals surface area (Å²) in [5, 5.41) is 4.33. The van der Waals surface area contributed by atoms with Gasteiger partial charge in [-0.15, -0.1) is 0 Å². The van der Waals surface area contributed by atoms with Crippen molar-refractivity contribution in [2.75, 3.05) is 32.9 Å². The minimum atomic E-state index is -3.40. The van der Waals surface area contributed by atoms with Gasteiger partial charge in [-0.25, -0.2) is 8.42 Å². The highest BCUT2D eigenvalue weighted by Crippen LogP contribution is 2.46. The van der Waals surface area contributed by atoms with E-state index in [4.69, 9.17) is 0 Å². The zero-order valence-electron chi connectivity index (χ0n) is 15.8. The SMILES string of the molecule is CN(C)C(=O)C1CCS(=O)(=O)C12CN(C(=O)c1ccnn1C1CCCC1)C2. The summed E-state index contributed by atoms with van der Waals surface area (Å²) in [7, 11) is -0.119. The van der Waals surface area contributed by atoms with Gasteiger partial charge in [0.15, 0.2) is 9.84 Å². The number of rotatable bonds is 3. The molecular formula is C18H26N4O4S. The van der Waals surface area contributed by atoms with Gasteiger partial charge in [0.1, 0.15) is 10.4 Å². The Balaban J connectivity index is 1.55. The van der Waals surface area contributed by atoms with Crippen molar-refractivity contribution in [2.24, 2.45) is 5.92 Å². The first-order valence-corrected chi connectivity index (χ1v) is 11.2. The van der Waals surface area contributed by atoms with E-state index >= 15 is 0 Å². The van der Waals surface area contributed by atoms with Crippen LogP contribution in [0.3, 0.4) is 0 Å². The number of aromatic nitrogens is 2. The van der Waals surface area contributed by atoms with Gasteiger partial charge in [0.2, 0.25) is 5.91 Å². The van der Waals surface area contributed by atoms with Crippen LogP contribution in [0.1, 0.15) is 48.6 Å². The van der Waals surface area contributed by atoms with Crippen LogP contribution in [0.5, 0.6) is 0 Å². The summed E-state index contributed by atoms with van der Waals surface area (Å²) < 4.78 is 26.1. The van der Waals surface area contributed by atoms with Crippen molar-refractivity contribution >= 4 is 21.7 Å². The Kier molecular flexibility index (Phi) is 4.32. The van der Waals surface area contributed by atoms with Gasteiger partial charge < -0.3 is 9.80 Å². The lowest BCUT2D eigenvalue weighted by Gasteiger charge is -2.49. The third kappa shape index (κ3) is 2.69. The first-order chi connectivity index (χ1) is 12.8. The quantitative estimate of drug-likeness (QED) is 0.753. The molecule has 1 spiro atoms. The van der Waals surface area contributed by atoms with Crippen LogP contribution >= 0.6 is 0 Å². The van der Waals surface area contributed by atoms with Gasteiger partial charge in [-0.3, -0.25) is 14.3 Å². The normalized spacial score (nSPS) is 26.3. The van der Waals surface area contributed by atoms with Crippen molar-refractivity contribution in [3.63, 3.8) is 0 Å². The van der Waals surface area contributed by atoms with Gasteiger partial charge in [0.25, 0.3) is 5.91 Å². The summed E-state index contributed by atoms with van der Waals surface area (Å²) in [6, 6.07) is 1.95. The number of carbonyl (C=O) groups is 2. The summed E-state index contributed by atoms with van der Waals surface area (Å²) in [5.74, 6) is -0.914. The highest BCUT2D eigenvalue weighted by Gasteiger charge is 2.65. The van der Waals surface area contributed by atoms with Crippen molar-refractivity contribution < 1.29 is 18.0 Å². The second-order valence-electron chi connectivity index (χ2n) is 8.22.